The minimum absolute atomic E-state index is 0.0832. The van der Waals surface area contributed by atoms with Gasteiger partial charge in [0.1, 0.15) is 0 Å². The van der Waals surface area contributed by atoms with Gasteiger partial charge in [-0.1, -0.05) is 66.7 Å². The summed E-state index contributed by atoms with van der Waals surface area (Å²) in [5.41, 5.74) is 11.8. The lowest BCUT2D eigenvalue weighted by Crippen LogP contribution is -2.23. The van der Waals surface area contributed by atoms with Crippen LogP contribution in [0.25, 0.3) is 11.3 Å². The fourth-order valence-corrected chi connectivity index (χ4v) is 4.82. The van der Waals surface area contributed by atoms with Crippen LogP contribution in [0, 0.1) is 6.92 Å². The second-order valence-corrected chi connectivity index (χ2v) is 9.37. The van der Waals surface area contributed by atoms with Crippen LogP contribution < -0.4 is 16.0 Å². The van der Waals surface area contributed by atoms with E-state index in [4.69, 9.17) is 10.7 Å². The second-order valence-electron chi connectivity index (χ2n) is 8.19. The number of benzene rings is 3. The summed E-state index contributed by atoms with van der Waals surface area (Å²) in [6.45, 7) is 6.82. The van der Waals surface area contributed by atoms with Gasteiger partial charge in [-0.3, -0.25) is 4.79 Å². The molecule has 0 saturated heterocycles. The molecule has 6 heteroatoms. The highest BCUT2D eigenvalue weighted by atomic mass is 32.1. The van der Waals surface area contributed by atoms with E-state index in [1.807, 2.05) is 66.7 Å². The fourth-order valence-electron chi connectivity index (χ4n) is 3.83. The van der Waals surface area contributed by atoms with Crippen molar-refractivity contribution in [1.82, 2.24) is 10.3 Å². The van der Waals surface area contributed by atoms with Crippen molar-refractivity contribution in [3.05, 3.63) is 106 Å². The molecule has 4 rings (SSSR count). The lowest BCUT2D eigenvalue weighted by Gasteiger charge is -2.20. The topological polar surface area (TPSA) is 71.2 Å². The van der Waals surface area contributed by atoms with Crippen LogP contribution in [-0.2, 0) is 19.6 Å². The van der Waals surface area contributed by atoms with E-state index < -0.39 is 0 Å². The number of amides is 1. The van der Waals surface area contributed by atoms with Gasteiger partial charge in [0.25, 0.3) is 5.91 Å². The number of carbonyl (C=O) groups is 1. The van der Waals surface area contributed by atoms with Crippen LogP contribution in [0.4, 0.5) is 5.13 Å². The van der Waals surface area contributed by atoms with E-state index in [0.717, 1.165) is 46.2 Å². The van der Waals surface area contributed by atoms with Crippen LogP contribution in [0.1, 0.15) is 38.8 Å². The molecule has 0 bridgehead atoms. The summed E-state index contributed by atoms with van der Waals surface area (Å²) in [6, 6.07) is 26.1. The van der Waals surface area contributed by atoms with Crippen molar-refractivity contribution in [3.8, 4) is 11.3 Å². The minimum Gasteiger partial charge on any atom is -0.348 e. The summed E-state index contributed by atoms with van der Waals surface area (Å²) in [5.74, 6) is -0.0832. The van der Waals surface area contributed by atoms with E-state index in [-0.39, 0.29) is 5.91 Å². The van der Waals surface area contributed by atoms with Gasteiger partial charge in [0.05, 0.1) is 5.69 Å². The zero-order valence-electron chi connectivity index (χ0n) is 19.6. The van der Waals surface area contributed by atoms with Gasteiger partial charge in [-0.15, -0.1) is 11.3 Å². The van der Waals surface area contributed by atoms with Crippen LogP contribution in [0.5, 0.6) is 0 Å². The standard InChI is InChI=1S/C28H30N4OS/c1-3-32(28-31-26(20(2)34-28)24-10-5-4-6-11-24)19-21-12-14-25(15-13-21)27(33)30-18-23-9-7-8-22(16-23)17-29/h4-16H,3,17-19,29H2,1-2H3,(H,30,33). The number of aryl methyl sites for hydroxylation is 1. The average Bonchev–Trinajstić information content (AvgIpc) is 3.28. The summed E-state index contributed by atoms with van der Waals surface area (Å²) < 4.78 is 0. The molecule has 0 aliphatic heterocycles. The molecule has 0 spiro atoms. The molecular weight excluding hydrogens is 440 g/mol. The van der Waals surface area contributed by atoms with Crippen LogP contribution in [0.15, 0.2) is 78.9 Å². The van der Waals surface area contributed by atoms with Crippen molar-refractivity contribution < 1.29 is 4.79 Å². The lowest BCUT2D eigenvalue weighted by atomic mass is 10.1. The molecule has 1 aromatic heterocycles. The number of thiazole rings is 1. The highest BCUT2D eigenvalue weighted by molar-refractivity contribution is 7.16. The Bertz CT molecular complexity index is 1240. The molecule has 0 fully saturated rings. The number of hydrogen-bond acceptors (Lipinski definition) is 5. The largest absolute Gasteiger partial charge is 0.348 e. The summed E-state index contributed by atoms with van der Waals surface area (Å²) in [7, 11) is 0. The minimum atomic E-state index is -0.0832. The van der Waals surface area contributed by atoms with Gasteiger partial charge < -0.3 is 16.0 Å². The van der Waals surface area contributed by atoms with Crippen LogP contribution >= 0.6 is 11.3 Å². The SMILES string of the molecule is CCN(Cc1ccc(C(=O)NCc2cccc(CN)c2)cc1)c1nc(-c2ccccc2)c(C)s1. The van der Waals surface area contributed by atoms with Crippen LogP contribution in [-0.4, -0.2) is 17.4 Å². The molecule has 174 valence electrons. The zero-order chi connectivity index (χ0) is 23.9. The normalized spacial score (nSPS) is 10.8. The van der Waals surface area contributed by atoms with Crippen molar-refractivity contribution in [2.45, 2.75) is 33.5 Å². The monoisotopic (exact) mass is 470 g/mol. The van der Waals surface area contributed by atoms with E-state index in [1.54, 1.807) is 11.3 Å². The number of anilines is 1. The Labute approximate surface area is 205 Å². The molecule has 3 N–H and O–H groups in total. The maximum atomic E-state index is 12.6. The van der Waals surface area contributed by atoms with Crippen molar-refractivity contribution in [3.63, 3.8) is 0 Å². The van der Waals surface area contributed by atoms with Gasteiger partial charge >= 0.3 is 0 Å². The Morgan fingerprint density at radius 3 is 2.41 bits per heavy atom. The quantitative estimate of drug-likeness (QED) is 0.337. The molecule has 0 aliphatic rings. The first-order valence-corrected chi connectivity index (χ1v) is 12.3. The first-order valence-electron chi connectivity index (χ1n) is 11.5. The summed E-state index contributed by atoms with van der Waals surface area (Å²) in [6.07, 6.45) is 0. The number of nitrogens with one attached hydrogen (secondary N) is 1. The Kier molecular flexibility index (Phi) is 7.72. The van der Waals surface area contributed by atoms with E-state index in [1.165, 1.54) is 4.88 Å². The third-order valence-electron chi connectivity index (χ3n) is 5.75. The van der Waals surface area contributed by atoms with Crippen molar-refractivity contribution in [2.24, 2.45) is 5.73 Å². The highest BCUT2D eigenvalue weighted by Crippen LogP contribution is 2.33. The third-order valence-corrected chi connectivity index (χ3v) is 6.79. The average molecular weight is 471 g/mol. The Balaban J connectivity index is 1.40. The zero-order valence-corrected chi connectivity index (χ0v) is 20.4. The first-order chi connectivity index (χ1) is 16.6. The van der Waals surface area contributed by atoms with Crippen molar-refractivity contribution >= 4 is 22.4 Å². The van der Waals surface area contributed by atoms with Gasteiger partial charge in [0, 0.05) is 42.2 Å². The Morgan fingerprint density at radius 1 is 0.971 bits per heavy atom. The lowest BCUT2D eigenvalue weighted by molar-refractivity contribution is 0.0951. The molecule has 5 nitrogen and oxygen atoms in total. The van der Waals surface area contributed by atoms with Gasteiger partial charge in [0.2, 0.25) is 0 Å². The van der Waals surface area contributed by atoms with Crippen LogP contribution in [0.3, 0.4) is 0 Å². The molecule has 1 heterocycles. The van der Waals surface area contributed by atoms with Gasteiger partial charge in [-0.25, -0.2) is 4.98 Å². The summed E-state index contributed by atoms with van der Waals surface area (Å²) >= 11 is 1.72. The molecular formula is C28H30N4OS. The Hall–Kier alpha value is -3.48. The van der Waals surface area contributed by atoms with Crippen molar-refractivity contribution in [2.75, 3.05) is 11.4 Å². The summed E-state index contributed by atoms with van der Waals surface area (Å²) in [4.78, 5) is 21.0. The molecule has 34 heavy (non-hydrogen) atoms. The van der Waals surface area contributed by atoms with Crippen molar-refractivity contribution in [1.29, 1.82) is 0 Å². The number of carbonyl (C=O) groups excluding carboxylic acids is 1. The van der Waals surface area contributed by atoms with E-state index in [0.29, 0.717) is 18.7 Å². The predicted molar refractivity (Wildman–Crippen MR) is 141 cm³/mol. The molecule has 3 aromatic carbocycles. The molecule has 0 radical (unpaired) electrons. The second kappa shape index (κ2) is 11.1. The number of rotatable bonds is 9. The fraction of sp³-hybridized carbons (Fsp3) is 0.214. The maximum absolute atomic E-state index is 12.6. The molecule has 0 aliphatic carbocycles. The number of aromatic nitrogens is 1. The number of nitrogens with two attached hydrogens (primary N) is 1. The molecule has 4 aromatic rings. The maximum Gasteiger partial charge on any atom is 0.251 e. The highest BCUT2D eigenvalue weighted by Gasteiger charge is 2.15. The van der Waals surface area contributed by atoms with Gasteiger partial charge in [0.15, 0.2) is 5.13 Å². The molecule has 0 atom stereocenters. The van der Waals surface area contributed by atoms with E-state index >= 15 is 0 Å². The summed E-state index contributed by atoms with van der Waals surface area (Å²) in [5, 5.41) is 4.00. The smallest absolute Gasteiger partial charge is 0.251 e. The molecule has 0 unspecified atom stereocenters. The predicted octanol–water partition coefficient (Wildman–Crippen LogP) is 5.53. The molecule has 0 saturated carbocycles. The van der Waals surface area contributed by atoms with Gasteiger partial charge in [-0.2, -0.15) is 0 Å². The third kappa shape index (κ3) is 5.71. The van der Waals surface area contributed by atoms with E-state index in [2.05, 4.69) is 36.2 Å². The number of hydrogen-bond donors (Lipinski definition) is 2. The molecule has 1 amide bonds. The van der Waals surface area contributed by atoms with E-state index in [9.17, 15) is 4.79 Å². The van der Waals surface area contributed by atoms with Gasteiger partial charge in [-0.05, 0) is 42.7 Å². The van der Waals surface area contributed by atoms with Crippen LogP contribution in [0.2, 0.25) is 0 Å². The number of nitrogens with zero attached hydrogens (tertiary/aromatic N) is 2. The first kappa shape index (κ1) is 23.7. The Morgan fingerprint density at radius 2 is 1.71 bits per heavy atom.